The van der Waals surface area contributed by atoms with Gasteiger partial charge in [0.2, 0.25) is 5.91 Å². The minimum absolute atomic E-state index is 0.0422. The molecule has 116 valence electrons. The van der Waals surface area contributed by atoms with Crippen LogP contribution in [0.1, 0.15) is 33.3 Å². The van der Waals surface area contributed by atoms with Gasteiger partial charge >= 0.3 is 0 Å². The molecule has 1 N–H and O–H groups in total. The van der Waals surface area contributed by atoms with Crippen molar-refractivity contribution in [1.82, 2.24) is 4.90 Å². The Bertz CT molecular complexity index is 462. The smallest absolute Gasteiger partial charge is 0.241 e. The molecule has 3 atom stereocenters. The largest absolute Gasteiger partial charge is 0.373 e. The summed E-state index contributed by atoms with van der Waals surface area (Å²) in [4.78, 5) is 14.6. The lowest BCUT2D eigenvalue weighted by Gasteiger charge is -2.38. The Morgan fingerprint density at radius 1 is 1.29 bits per heavy atom. The van der Waals surface area contributed by atoms with E-state index in [-0.39, 0.29) is 24.2 Å². The number of nitrogens with zero attached hydrogens (tertiary/aromatic N) is 1. The van der Waals surface area contributed by atoms with E-state index in [9.17, 15) is 4.79 Å². The molecule has 1 saturated heterocycles. The van der Waals surface area contributed by atoms with Gasteiger partial charge in [-0.25, -0.2) is 0 Å². The third kappa shape index (κ3) is 4.29. The number of aryl methyl sites for hydroxylation is 1. The molecule has 21 heavy (non-hydrogen) atoms. The summed E-state index contributed by atoms with van der Waals surface area (Å²) >= 11 is 0. The van der Waals surface area contributed by atoms with Crippen LogP contribution in [0, 0.1) is 0 Å². The summed E-state index contributed by atoms with van der Waals surface area (Å²) in [5.41, 5.74) is 2.13. The molecule has 0 unspecified atom stereocenters. The number of anilines is 1. The maximum Gasteiger partial charge on any atom is 0.241 e. The third-order valence-electron chi connectivity index (χ3n) is 4.00. The van der Waals surface area contributed by atoms with E-state index in [2.05, 4.69) is 43.1 Å². The first-order valence-corrected chi connectivity index (χ1v) is 7.79. The highest BCUT2D eigenvalue weighted by Gasteiger charge is 2.29. The molecule has 0 saturated carbocycles. The van der Waals surface area contributed by atoms with E-state index in [4.69, 9.17) is 4.74 Å². The van der Waals surface area contributed by atoms with Crippen molar-refractivity contribution in [3.8, 4) is 0 Å². The van der Waals surface area contributed by atoms with Crippen molar-refractivity contribution in [1.29, 1.82) is 0 Å². The van der Waals surface area contributed by atoms with Gasteiger partial charge in [0.15, 0.2) is 0 Å². The van der Waals surface area contributed by atoms with Gasteiger partial charge in [-0.15, -0.1) is 0 Å². The third-order valence-corrected chi connectivity index (χ3v) is 4.00. The molecule has 0 bridgehead atoms. The number of benzene rings is 1. The Labute approximate surface area is 127 Å². The highest BCUT2D eigenvalue weighted by molar-refractivity contribution is 5.94. The van der Waals surface area contributed by atoms with Crippen LogP contribution in [0.4, 0.5) is 5.69 Å². The van der Waals surface area contributed by atoms with E-state index in [1.165, 1.54) is 5.56 Å². The SMILES string of the molecule is CCc1ccc(NC(=O)[C@@H](C)N2C[C@@H](C)O[C@H](C)C2)cc1. The lowest BCUT2D eigenvalue weighted by atomic mass is 10.1. The Hall–Kier alpha value is -1.39. The van der Waals surface area contributed by atoms with E-state index < -0.39 is 0 Å². The summed E-state index contributed by atoms with van der Waals surface area (Å²) in [5, 5.41) is 3.00. The fourth-order valence-corrected chi connectivity index (χ4v) is 2.77. The van der Waals surface area contributed by atoms with E-state index in [1.54, 1.807) is 0 Å². The minimum Gasteiger partial charge on any atom is -0.373 e. The summed E-state index contributed by atoms with van der Waals surface area (Å²) in [5.74, 6) is 0.0422. The zero-order valence-corrected chi connectivity index (χ0v) is 13.4. The molecule has 4 heteroatoms. The van der Waals surface area contributed by atoms with Crippen LogP contribution in [0.3, 0.4) is 0 Å². The molecule has 0 aromatic heterocycles. The molecule has 1 aromatic rings. The average molecular weight is 290 g/mol. The summed E-state index contributed by atoms with van der Waals surface area (Å²) in [7, 11) is 0. The molecule has 4 nitrogen and oxygen atoms in total. The van der Waals surface area contributed by atoms with Crippen LogP contribution < -0.4 is 5.32 Å². The number of hydrogen-bond donors (Lipinski definition) is 1. The Morgan fingerprint density at radius 3 is 2.38 bits per heavy atom. The van der Waals surface area contributed by atoms with Gasteiger partial charge in [0.1, 0.15) is 0 Å². The summed E-state index contributed by atoms with van der Waals surface area (Å²) < 4.78 is 5.72. The van der Waals surface area contributed by atoms with E-state index >= 15 is 0 Å². The number of rotatable bonds is 4. The van der Waals surface area contributed by atoms with Crippen molar-refractivity contribution in [2.75, 3.05) is 18.4 Å². The van der Waals surface area contributed by atoms with Gasteiger partial charge in [0.25, 0.3) is 0 Å². The molecular weight excluding hydrogens is 264 g/mol. The van der Waals surface area contributed by atoms with Gasteiger partial charge in [0, 0.05) is 18.8 Å². The number of hydrogen-bond acceptors (Lipinski definition) is 3. The number of nitrogens with one attached hydrogen (secondary N) is 1. The van der Waals surface area contributed by atoms with Crippen LogP contribution in [0.15, 0.2) is 24.3 Å². The van der Waals surface area contributed by atoms with Crippen molar-refractivity contribution in [3.05, 3.63) is 29.8 Å². The molecule has 0 aliphatic carbocycles. The number of carbonyl (C=O) groups is 1. The second-order valence-corrected chi connectivity index (χ2v) is 5.93. The molecule has 1 fully saturated rings. The van der Waals surface area contributed by atoms with Crippen molar-refractivity contribution >= 4 is 11.6 Å². The van der Waals surface area contributed by atoms with Crippen molar-refractivity contribution in [3.63, 3.8) is 0 Å². The number of ether oxygens (including phenoxy) is 1. The number of carbonyl (C=O) groups excluding carboxylic acids is 1. The van der Waals surface area contributed by atoms with E-state index in [0.29, 0.717) is 0 Å². The molecule has 1 aromatic carbocycles. The zero-order chi connectivity index (χ0) is 15.4. The second kappa shape index (κ2) is 7.05. The highest BCUT2D eigenvalue weighted by Crippen LogP contribution is 2.16. The quantitative estimate of drug-likeness (QED) is 0.927. The molecule has 1 amide bonds. The van der Waals surface area contributed by atoms with Crippen LogP contribution >= 0.6 is 0 Å². The van der Waals surface area contributed by atoms with Crippen LogP contribution in [0.25, 0.3) is 0 Å². The van der Waals surface area contributed by atoms with Gasteiger partial charge in [0.05, 0.1) is 18.2 Å². The Kier molecular flexibility index (Phi) is 5.37. The van der Waals surface area contributed by atoms with Gasteiger partial charge < -0.3 is 10.1 Å². The predicted molar refractivity (Wildman–Crippen MR) is 85.5 cm³/mol. The number of amides is 1. The normalized spacial score (nSPS) is 24.6. The lowest BCUT2D eigenvalue weighted by molar-refractivity contribution is -0.126. The van der Waals surface area contributed by atoms with E-state index in [0.717, 1.165) is 25.2 Å². The highest BCUT2D eigenvalue weighted by atomic mass is 16.5. The molecule has 2 rings (SSSR count). The Balaban J connectivity index is 1.95. The lowest BCUT2D eigenvalue weighted by Crippen LogP contribution is -2.52. The maximum atomic E-state index is 12.4. The topological polar surface area (TPSA) is 41.6 Å². The van der Waals surface area contributed by atoms with Crippen molar-refractivity contribution < 1.29 is 9.53 Å². The van der Waals surface area contributed by atoms with Gasteiger partial charge in [-0.3, -0.25) is 9.69 Å². The molecule has 1 heterocycles. The van der Waals surface area contributed by atoms with Gasteiger partial charge in [-0.05, 0) is 44.9 Å². The van der Waals surface area contributed by atoms with Crippen LogP contribution in [-0.2, 0) is 16.0 Å². The zero-order valence-electron chi connectivity index (χ0n) is 13.4. The molecule has 1 aliphatic rings. The van der Waals surface area contributed by atoms with Crippen LogP contribution in [0.5, 0.6) is 0 Å². The summed E-state index contributed by atoms with van der Waals surface area (Å²) in [6, 6.07) is 7.89. The van der Waals surface area contributed by atoms with E-state index in [1.807, 2.05) is 19.1 Å². The van der Waals surface area contributed by atoms with Gasteiger partial charge in [-0.2, -0.15) is 0 Å². The molecule has 0 spiro atoms. The first-order valence-electron chi connectivity index (χ1n) is 7.79. The maximum absolute atomic E-state index is 12.4. The first-order chi connectivity index (χ1) is 9.99. The standard InChI is InChI=1S/C17H26N2O2/c1-5-15-6-8-16(9-7-15)18-17(20)14(4)19-10-12(2)21-13(3)11-19/h6-9,12-14H,5,10-11H2,1-4H3,(H,18,20)/t12-,13-,14-/m1/s1. The van der Waals surface area contributed by atoms with Crippen molar-refractivity contribution in [2.24, 2.45) is 0 Å². The number of morpholine rings is 1. The van der Waals surface area contributed by atoms with Crippen LogP contribution in [0.2, 0.25) is 0 Å². The Morgan fingerprint density at radius 2 is 1.86 bits per heavy atom. The summed E-state index contributed by atoms with van der Waals surface area (Å²) in [6.07, 6.45) is 1.36. The van der Waals surface area contributed by atoms with Crippen LogP contribution in [-0.4, -0.2) is 42.1 Å². The fraction of sp³-hybridized carbons (Fsp3) is 0.588. The monoisotopic (exact) mass is 290 g/mol. The molecule has 0 radical (unpaired) electrons. The molecule has 1 aliphatic heterocycles. The predicted octanol–water partition coefficient (Wildman–Crippen LogP) is 2.69. The summed E-state index contributed by atoms with van der Waals surface area (Å²) in [6.45, 7) is 9.78. The first kappa shape index (κ1) is 16.0. The molecular formula is C17H26N2O2. The minimum atomic E-state index is -0.148. The fourth-order valence-electron chi connectivity index (χ4n) is 2.77. The average Bonchev–Trinajstić information content (AvgIpc) is 2.46. The second-order valence-electron chi connectivity index (χ2n) is 5.93. The van der Waals surface area contributed by atoms with Crippen molar-refractivity contribution in [2.45, 2.75) is 52.4 Å². The van der Waals surface area contributed by atoms with Gasteiger partial charge in [-0.1, -0.05) is 19.1 Å².